The van der Waals surface area contributed by atoms with E-state index in [9.17, 15) is 9.18 Å². The van der Waals surface area contributed by atoms with Gasteiger partial charge in [0.1, 0.15) is 5.82 Å². The third kappa shape index (κ3) is 7.88. The summed E-state index contributed by atoms with van der Waals surface area (Å²) < 4.78 is 12.9. The molecule has 1 unspecified atom stereocenters. The molecule has 1 aromatic carbocycles. The number of rotatable bonds is 6. The predicted molar refractivity (Wildman–Crippen MR) is 114 cm³/mol. The molecule has 0 aliphatic carbocycles. The van der Waals surface area contributed by atoms with Crippen molar-refractivity contribution in [1.82, 2.24) is 15.5 Å². The van der Waals surface area contributed by atoms with Gasteiger partial charge in [0.25, 0.3) is 0 Å². The van der Waals surface area contributed by atoms with Crippen molar-refractivity contribution in [3.05, 3.63) is 35.6 Å². The Hall–Kier alpha value is -1.38. The summed E-state index contributed by atoms with van der Waals surface area (Å²) in [6.07, 6.45) is 2.78. The van der Waals surface area contributed by atoms with Crippen molar-refractivity contribution in [2.45, 2.75) is 39.7 Å². The molecule has 0 radical (unpaired) electrons. The second-order valence-corrected chi connectivity index (χ2v) is 6.59. The molecule has 1 saturated heterocycles. The number of nitrogens with zero attached hydrogens (tertiary/aromatic N) is 2. The molecule has 1 amide bonds. The average molecular weight is 476 g/mol. The Balaban J connectivity index is 0.00000338. The van der Waals surface area contributed by atoms with Gasteiger partial charge in [0.2, 0.25) is 5.91 Å². The number of nitrogens with one attached hydrogen (secondary N) is 2. The Bertz CT molecular complexity index is 579. The molecular formula is C19H30FIN4O. The normalized spacial score (nSPS) is 17.4. The van der Waals surface area contributed by atoms with E-state index in [0.29, 0.717) is 31.4 Å². The summed E-state index contributed by atoms with van der Waals surface area (Å²) in [6.45, 7) is 7.71. The minimum Gasteiger partial charge on any atom is -0.357 e. The van der Waals surface area contributed by atoms with Gasteiger partial charge < -0.3 is 15.5 Å². The van der Waals surface area contributed by atoms with Gasteiger partial charge in [-0.2, -0.15) is 0 Å². The number of halogens is 2. The number of piperidine rings is 1. The van der Waals surface area contributed by atoms with Crippen molar-refractivity contribution in [2.24, 2.45) is 10.9 Å². The van der Waals surface area contributed by atoms with Gasteiger partial charge in [0.05, 0.1) is 6.54 Å². The monoisotopic (exact) mass is 476 g/mol. The molecule has 26 heavy (non-hydrogen) atoms. The summed E-state index contributed by atoms with van der Waals surface area (Å²) in [5, 5.41) is 6.37. The van der Waals surface area contributed by atoms with Crippen LogP contribution in [-0.4, -0.2) is 42.9 Å². The number of hydrogen-bond acceptors (Lipinski definition) is 2. The summed E-state index contributed by atoms with van der Waals surface area (Å²) >= 11 is 0. The van der Waals surface area contributed by atoms with E-state index in [4.69, 9.17) is 0 Å². The average Bonchev–Trinajstić information content (AvgIpc) is 2.61. The molecule has 0 saturated carbocycles. The number of hydrogen-bond donors (Lipinski definition) is 2. The van der Waals surface area contributed by atoms with Crippen LogP contribution in [-0.2, 0) is 11.3 Å². The van der Waals surface area contributed by atoms with E-state index in [-0.39, 0.29) is 35.7 Å². The molecule has 1 fully saturated rings. The van der Waals surface area contributed by atoms with Crippen LogP contribution in [0, 0.1) is 11.7 Å². The standard InChI is InChI=1S/C19H29FN4O.HI/c1-3-21-19(23-13-16-6-8-17(20)9-7-16)22-11-10-18(25)24-12-4-5-15(2)14-24;/h6-9,15H,3-5,10-14H2,1-2H3,(H2,21,22,23);1H. The van der Waals surface area contributed by atoms with Crippen molar-refractivity contribution in [3.63, 3.8) is 0 Å². The van der Waals surface area contributed by atoms with Gasteiger partial charge in [-0.1, -0.05) is 19.1 Å². The van der Waals surface area contributed by atoms with Gasteiger partial charge in [-0.3, -0.25) is 4.79 Å². The summed E-state index contributed by atoms with van der Waals surface area (Å²) in [6, 6.07) is 6.32. The molecular weight excluding hydrogens is 446 g/mol. The molecule has 146 valence electrons. The third-order valence-electron chi connectivity index (χ3n) is 4.32. The first kappa shape index (κ1) is 22.7. The van der Waals surface area contributed by atoms with Crippen LogP contribution in [0.2, 0.25) is 0 Å². The van der Waals surface area contributed by atoms with Gasteiger partial charge in [-0.15, -0.1) is 24.0 Å². The Labute approximate surface area is 172 Å². The molecule has 7 heteroatoms. The lowest BCUT2D eigenvalue weighted by Gasteiger charge is -2.31. The lowest BCUT2D eigenvalue weighted by atomic mass is 10.00. The van der Waals surface area contributed by atoms with E-state index in [1.807, 2.05) is 11.8 Å². The minimum absolute atomic E-state index is 0. The van der Waals surface area contributed by atoms with Crippen LogP contribution in [0.4, 0.5) is 4.39 Å². The van der Waals surface area contributed by atoms with Crippen molar-refractivity contribution >= 4 is 35.8 Å². The molecule has 1 aromatic rings. The van der Waals surface area contributed by atoms with Crippen LogP contribution < -0.4 is 10.6 Å². The van der Waals surface area contributed by atoms with Gasteiger partial charge in [0.15, 0.2) is 5.96 Å². The number of aliphatic imine (C=N–C) groups is 1. The maximum absolute atomic E-state index is 12.9. The molecule has 0 spiro atoms. The second-order valence-electron chi connectivity index (χ2n) is 6.59. The van der Waals surface area contributed by atoms with Crippen molar-refractivity contribution in [3.8, 4) is 0 Å². The summed E-state index contributed by atoms with van der Waals surface area (Å²) in [4.78, 5) is 18.7. The van der Waals surface area contributed by atoms with E-state index in [0.717, 1.165) is 31.6 Å². The smallest absolute Gasteiger partial charge is 0.224 e. The van der Waals surface area contributed by atoms with Crippen molar-refractivity contribution in [2.75, 3.05) is 26.2 Å². The van der Waals surface area contributed by atoms with E-state index in [1.165, 1.54) is 18.6 Å². The Morgan fingerprint density at radius 3 is 2.69 bits per heavy atom. The summed E-state index contributed by atoms with van der Waals surface area (Å²) in [7, 11) is 0. The highest BCUT2D eigenvalue weighted by Gasteiger charge is 2.20. The highest BCUT2D eigenvalue weighted by Crippen LogP contribution is 2.15. The van der Waals surface area contributed by atoms with Crippen LogP contribution in [0.25, 0.3) is 0 Å². The second kappa shape index (κ2) is 12.1. The first-order valence-corrected chi connectivity index (χ1v) is 9.13. The van der Waals surface area contributed by atoms with Crippen LogP contribution in [0.15, 0.2) is 29.3 Å². The number of amides is 1. The molecule has 1 atom stereocenters. The Morgan fingerprint density at radius 1 is 1.31 bits per heavy atom. The predicted octanol–water partition coefficient (Wildman–Crippen LogP) is 3.15. The zero-order chi connectivity index (χ0) is 18.1. The molecule has 2 N–H and O–H groups in total. The van der Waals surface area contributed by atoms with E-state index < -0.39 is 0 Å². The molecule has 5 nitrogen and oxygen atoms in total. The first-order valence-electron chi connectivity index (χ1n) is 9.13. The Morgan fingerprint density at radius 2 is 2.04 bits per heavy atom. The van der Waals surface area contributed by atoms with Crippen LogP contribution >= 0.6 is 24.0 Å². The zero-order valence-corrected chi connectivity index (χ0v) is 18.0. The zero-order valence-electron chi connectivity index (χ0n) is 15.6. The van der Waals surface area contributed by atoms with Crippen LogP contribution in [0.1, 0.15) is 38.7 Å². The maximum Gasteiger partial charge on any atom is 0.224 e. The lowest BCUT2D eigenvalue weighted by molar-refractivity contribution is -0.132. The SMILES string of the molecule is CCNC(=NCc1ccc(F)cc1)NCCC(=O)N1CCCC(C)C1.I. The molecule has 1 aliphatic rings. The topological polar surface area (TPSA) is 56.7 Å². The molecule has 1 heterocycles. The molecule has 0 aromatic heterocycles. The number of guanidine groups is 1. The van der Waals surface area contributed by atoms with Crippen LogP contribution in [0.3, 0.4) is 0 Å². The highest BCUT2D eigenvalue weighted by molar-refractivity contribution is 14.0. The van der Waals surface area contributed by atoms with Crippen LogP contribution in [0.5, 0.6) is 0 Å². The first-order chi connectivity index (χ1) is 12.1. The molecule has 1 aliphatic heterocycles. The highest BCUT2D eigenvalue weighted by atomic mass is 127. The molecule has 0 bridgehead atoms. The number of benzene rings is 1. The molecule has 2 rings (SSSR count). The van der Waals surface area contributed by atoms with E-state index in [1.54, 1.807) is 12.1 Å². The fourth-order valence-electron chi connectivity index (χ4n) is 2.96. The lowest BCUT2D eigenvalue weighted by Crippen LogP contribution is -2.42. The number of carbonyl (C=O) groups excluding carboxylic acids is 1. The van der Waals surface area contributed by atoms with Crippen molar-refractivity contribution in [1.29, 1.82) is 0 Å². The van der Waals surface area contributed by atoms with E-state index in [2.05, 4.69) is 22.5 Å². The van der Waals surface area contributed by atoms with Gasteiger partial charge >= 0.3 is 0 Å². The Kier molecular flexibility index (Phi) is 10.5. The minimum atomic E-state index is -0.247. The summed E-state index contributed by atoms with van der Waals surface area (Å²) in [5.74, 6) is 1.23. The van der Waals surface area contributed by atoms with Crippen molar-refractivity contribution < 1.29 is 9.18 Å². The fourth-order valence-corrected chi connectivity index (χ4v) is 2.96. The number of carbonyl (C=O) groups is 1. The van der Waals surface area contributed by atoms with Gasteiger partial charge in [-0.25, -0.2) is 9.38 Å². The number of likely N-dealkylation sites (tertiary alicyclic amines) is 1. The quantitative estimate of drug-likeness (QED) is 0.377. The largest absolute Gasteiger partial charge is 0.357 e. The fraction of sp³-hybridized carbons (Fsp3) is 0.579. The van der Waals surface area contributed by atoms with Gasteiger partial charge in [-0.05, 0) is 43.4 Å². The maximum atomic E-state index is 12.9. The third-order valence-corrected chi connectivity index (χ3v) is 4.32. The van der Waals surface area contributed by atoms with E-state index >= 15 is 0 Å². The summed E-state index contributed by atoms with van der Waals surface area (Å²) in [5.41, 5.74) is 0.942. The van der Waals surface area contributed by atoms with Gasteiger partial charge in [0, 0.05) is 32.6 Å².